The molecule has 18 heavy (non-hydrogen) atoms. The summed E-state index contributed by atoms with van der Waals surface area (Å²) >= 11 is 0. The van der Waals surface area contributed by atoms with Crippen molar-refractivity contribution in [2.45, 2.75) is 37.8 Å². The van der Waals surface area contributed by atoms with E-state index in [0.29, 0.717) is 0 Å². The topological polar surface area (TPSA) is 173 Å². The molecule has 112 valence electrons. The Balaban J connectivity index is 0. The molecule has 11 heteroatoms. The van der Waals surface area contributed by atoms with Gasteiger partial charge in [-0.1, -0.05) is 12.8 Å². The first kappa shape index (κ1) is 21.2. The van der Waals surface area contributed by atoms with E-state index in [1.165, 1.54) is 12.8 Å². The molecule has 0 saturated heterocycles. The third kappa shape index (κ3) is 13.3. The summed E-state index contributed by atoms with van der Waals surface area (Å²) in [7, 11) is -9.73. The van der Waals surface area contributed by atoms with Crippen molar-refractivity contribution in [3.63, 3.8) is 0 Å². The van der Waals surface area contributed by atoms with Gasteiger partial charge in [0.1, 0.15) is 15.2 Å². The van der Waals surface area contributed by atoms with E-state index in [4.69, 9.17) is 21.3 Å². The number of hydrogen-bond acceptors (Lipinski definition) is 6. The number of rotatable bonds is 2. The summed E-state index contributed by atoms with van der Waals surface area (Å²) < 4.78 is 19.4. The van der Waals surface area contributed by atoms with Gasteiger partial charge >= 0.3 is 20.4 Å². The second-order valence-electron chi connectivity index (χ2n) is 4.03. The van der Waals surface area contributed by atoms with E-state index in [1.807, 2.05) is 0 Å². The SMILES string of the molecule is N[C@@H]1CCCC[C@H]1N.O=P([O-])(O)CP(=O)([O-])O.[Pd+2]. The van der Waals surface area contributed by atoms with E-state index in [1.54, 1.807) is 0 Å². The molecule has 1 fully saturated rings. The zero-order chi connectivity index (χ0) is 13.7. The Morgan fingerprint density at radius 1 is 1.00 bits per heavy atom. The molecule has 0 spiro atoms. The number of nitrogens with two attached hydrogens (primary N) is 2. The largest absolute Gasteiger partial charge is 2.00 e. The van der Waals surface area contributed by atoms with Crippen molar-refractivity contribution in [3.8, 4) is 0 Å². The molecule has 0 amide bonds. The predicted molar refractivity (Wildman–Crippen MR) is 58.9 cm³/mol. The minimum Gasteiger partial charge on any atom is -0.778 e. The molecular weight excluding hydrogens is 376 g/mol. The Labute approximate surface area is 119 Å². The molecule has 1 aliphatic carbocycles. The van der Waals surface area contributed by atoms with Gasteiger partial charge in [-0.05, 0) is 12.8 Å². The molecule has 0 aromatic carbocycles. The summed E-state index contributed by atoms with van der Waals surface area (Å²) in [5, 5.41) is 0. The molecule has 2 unspecified atom stereocenters. The maximum absolute atomic E-state index is 9.70. The Morgan fingerprint density at radius 2 is 1.28 bits per heavy atom. The van der Waals surface area contributed by atoms with Gasteiger partial charge < -0.3 is 40.2 Å². The fraction of sp³-hybridized carbons (Fsp3) is 1.00. The molecule has 4 atom stereocenters. The van der Waals surface area contributed by atoms with Crippen LogP contribution in [0.2, 0.25) is 0 Å². The smallest absolute Gasteiger partial charge is 0.778 e. The summed E-state index contributed by atoms with van der Waals surface area (Å²) in [4.78, 5) is 35.0. The van der Waals surface area contributed by atoms with Crippen LogP contribution in [0.4, 0.5) is 0 Å². The van der Waals surface area contributed by atoms with Gasteiger partial charge in [-0.15, -0.1) is 0 Å². The van der Waals surface area contributed by atoms with Crippen molar-refractivity contribution in [1.29, 1.82) is 0 Å². The van der Waals surface area contributed by atoms with Gasteiger partial charge in [-0.25, -0.2) is 0 Å². The van der Waals surface area contributed by atoms with Crippen molar-refractivity contribution in [2.75, 3.05) is 5.90 Å². The van der Waals surface area contributed by atoms with Crippen LogP contribution in [0.15, 0.2) is 0 Å². The second-order valence-corrected chi connectivity index (χ2v) is 7.71. The normalized spacial score (nSPS) is 29.9. The van der Waals surface area contributed by atoms with Crippen LogP contribution in [0.25, 0.3) is 0 Å². The summed E-state index contributed by atoms with van der Waals surface area (Å²) in [5.74, 6) is -1.60. The second kappa shape index (κ2) is 8.94. The summed E-state index contributed by atoms with van der Waals surface area (Å²) in [6.45, 7) is 0. The molecule has 6 N–H and O–H groups in total. The molecule has 0 aromatic rings. The third-order valence-corrected chi connectivity index (χ3v) is 5.09. The van der Waals surface area contributed by atoms with Crippen molar-refractivity contribution in [2.24, 2.45) is 11.5 Å². The van der Waals surface area contributed by atoms with Gasteiger partial charge in [0.15, 0.2) is 0 Å². The fourth-order valence-electron chi connectivity index (χ4n) is 1.41. The molecule has 8 nitrogen and oxygen atoms in total. The monoisotopic (exact) mass is 394 g/mol. The molecule has 1 aliphatic rings. The Kier molecular flexibility index (Phi) is 10.5. The van der Waals surface area contributed by atoms with E-state index in [9.17, 15) is 18.9 Å². The van der Waals surface area contributed by atoms with Crippen LogP contribution in [0.5, 0.6) is 0 Å². The molecular formula is C7H18N2O6P2Pd. The minimum atomic E-state index is -4.86. The average molecular weight is 395 g/mol. The van der Waals surface area contributed by atoms with Crippen LogP contribution >= 0.6 is 15.2 Å². The molecule has 0 heterocycles. The molecule has 1 rings (SSSR count). The molecule has 0 aromatic heterocycles. The summed E-state index contributed by atoms with van der Waals surface area (Å²) in [6, 6.07) is 0.562. The summed E-state index contributed by atoms with van der Waals surface area (Å²) in [6.07, 6.45) is 4.80. The van der Waals surface area contributed by atoms with Crippen molar-refractivity contribution < 1.29 is 49.1 Å². The minimum absolute atomic E-state index is 0. The van der Waals surface area contributed by atoms with Crippen LogP contribution in [0, 0.1) is 0 Å². The van der Waals surface area contributed by atoms with Crippen LogP contribution in [-0.2, 0) is 29.6 Å². The Bertz CT molecular complexity index is 289. The molecule has 0 aliphatic heterocycles. The van der Waals surface area contributed by atoms with E-state index in [0.717, 1.165) is 12.8 Å². The predicted octanol–water partition coefficient (Wildman–Crippen LogP) is -1.75. The van der Waals surface area contributed by atoms with Crippen molar-refractivity contribution >= 4 is 15.2 Å². The van der Waals surface area contributed by atoms with E-state index >= 15 is 0 Å². The molecule has 0 bridgehead atoms. The van der Waals surface area contributed by atoms with Crippen LogP contribution < -0.4 is 21.3 Å². The van der Waals surface area contributed by atoms with Gasteiger partial charge in [-0.3, -0.25) is 0 Å². The fourth-order valence-corrected chi connectivity index (χ4v) is 3.22. The molecule has 1 saturated carbocycles. The zero-order valence-corrected chi connectivity index (χ0v) is 12.9. The Hall–Kier alpha value is 0.882. The van der Waals surface area contributed by atoms with E-state index in [2.05, 4.69) is 0 Å². The van der Waals surface area contributed by atoms with Gasteiger partial charge in [0.25, 0.3) is 0 Å². The maximum atomic E-state index is 9.70. The zero-order valence-electron chi connectivity index (χ0n) is 9.58. The standard InChI is InChI=1S/C6H14N2.CH6O6P2.Pd/c7-5-3-1-2-4-6(5)8;2-8(3,4)1-9(5,6)7;/h5-6H,1-4,7-8H2;1H2,(H2,2,3,4)(H2,5,6,7);/q;;+2/p-2/t5-,6-;;/m1../s1. The average Bonchev–Trinajstić information content (AvgIpc) is 2.04. The molecule has 0 radical (unpaired) electrons. The van der Waals surface area contributed by atoms with E-state index < -0.39 is 21.1 Å². The van der Waals surface area contributed by atoms with E-state index in [-0.39, 0.29) is 32.5 Å². The van der Waals surface area contributed by atoms with Crippen LogP contribution in [0.3, 0.4) is 0 Å². The first-order valence-electron chi connectivity index (χ1n) is 5.08. The van der Waals surface area contributed by atoms with Crippen molar-refractivity contribution in [3.05, 3.63) is 0 Å². The van der Waals surface area contributed by atoms with Crippen LogP contribution in [-0.4, -0.2) is 27.8 Å². The maximum Gasteiger partial charge on any atom is 2.00 e. The first-order valence-corrected chi connectivity index (χ1v) is 8.60. The van der Waals surface area contributed by atoms with Crippen molar-refractivity contribution in [1.82, 2.24) is 0 Å². The van der Waals surface area contributed by atoms with Gasteiger partial charge in [-0.2, -0.15) is 0 Å². The first-order chi connectivity index (χ1) is 7.51. The number of hydrogen-bond donors (Lipinski definition) is 4. The third-order valence-electron chi connectivity index (χ3n) is 2.23. The van der Waals surface area contributed by atoms with Gasteiger partial charge in [0.05, 0.1) is 5.90 Å². The van der Waals surface area contributed by atoms with Gasteiger partial charge in [0, 0.05) is 12.1 Å². The Morgan fingerprint density at radius 3 is 1.39 bits per heavy atom. The van der Waals surface area contributed by atoms with Crippen LogP contribution in [0.1, 0.15) is 25.7 Å². The quantitative estimate of drug-likeness (QED) is 0.315. The summed E-state index contributed by atoms with van der Waals surface area (Å²) in [5.41, 5.74) is 11.3. The van der Waals surface area contributed by atoms with Gasteiger partial charge in [0.2, 0.25) is 0 Å².